The van der Waals surface area contributed by atoms with E-state index in [4.69, 9.17) is 9.84 Å². The maximum Gasteiger partial charge on any atom is 0.220 e. The lowest BCUT2D eigenvalue weighted by molar-refractivity contribution is -0.121. The van der Waals surface area contributed by atoms with Crippen LogP contribution in [0.25, 0.3) is 0 Å². The molecule has 138 valence electrons. The summed E-state index contributed by atoms with van der Waals surface area (Å²) in [7, 11) is 0. The van der Waals surface area contributed by atoms with Crippen LogP contribution in [0.5, 0.6) is 0 Å². The van der Waals surface area contributed by atoms with Gasteiger partial charge < -0.3 is 10.1 Å². The fraction of sp³-hybridized carbons (Fsp3) is 0.800. The van der Waals surface area contributed by atoms with E-state index in [-0.39, 0.29) is 5.91 Å². The second kappa shape index (κ2) is 7.90. The van der Waals surface area contributed by atoms with Gasteiger partial charge in [-0.3, -0.25) is 9.48 Å². The zero-order valence-corrected chi connectivity index (χ0v) is 15.3. The molecule has 2 saturated carbocycles. The molecule has 0 aromatic carbocycles. The van der Waals surface area contributed by atoms with Gasteiger partial charge in [-0.05, 0) is 31.1 Å². The predicted octanol–water partition coefficient (Wildman–Crippen LogP) is 2.99. The Morgan fingerprint density at radius 2 is 2.04 bits per heavy atom. The number of carbonyl (C=O) groups is 1. The average Bonchev–Trinajstić information content (AvgIpc) is 3.16. The van der Waals surface area contributed by atoms with Crippen molar-refractivity contribution in [3.8, 4) is 0 Å². The number of nitrogens with one attached hydrogen (secondary N) is 1. The fourth-order valence-electron chi connectivity index (χ4n) is 4.32. The Morgan fingerprint density at radius 1 is 1.20 bits per heavy atom. The van der Waals surface area contributed by atoms with Gasteiger partial charge in [0.25, 0.3) is 0 Å². The molecule has 0 saturated heterocycles. The maximum atomic E-state index is 12.1. The fourth-order valence-corrected chi connectivity index (χ4v) is 4.32. The summed E-state index contributed by atoms with van der Waals surface area (Å²) in [4.78, 5) is 12.1. The van der Waals surface area contributed by atoms with Gasteiger partial charge in [0.1, 0.15) is 0 Å². The van der Waals surface area contributed by atoms with E-state index >= 15 is 0 Å². The Morgan fingerprint density at radius 3 is 2.84 bits per heavy atom. The van der Waals surface area contributed by atoms with E-state index in [0.717, 1.165) is 49.9 Å². The Labute approximate surface area is 150 Å². The second-order valence-corrected chi connectivity index (χ2v) is 8.09. The van der Waals surface area contributed by atoms with E-state index in [9.17, 15) is 4.79 Å². The van der Waals surface area contributed by atoms with Crippen LogP contribution in [0.3, 0.4) is 0 Å². The van der Waals surface area contributed by atoms with E-state index in [1.165, 1.54) is 49.8 Å². The number of carbonyl (C=O) groups excluding carboxylic acids is 1. The quantitative estimate of drug-likeness (QED) is 0.788. The Balaban J connectivity index is 1.27. The van der Waals surface area contributed by atoms with Crippen molar-refractivity contribution in [3.63, 3.8) is 0 Å². The Hall–Kier alpha value is -1.36. The molecule has 4 rings (SSSR count). The molecule has 2 fully saturated rings. The number of hydrogen-bond acceptors (Lipinski definition) is 3. The van der Waals surface area contributed by atoms with Crippen molar-refractivity contribution in [2.24, 2.45) is 11.8 Å². The number of nitrogens with zero attached hydrogens (tertiary/aromatic N) is 2. The molecule has 0 bridgehead atoms. The highest BCUT2D eigenvalue weighted by Gasteiger charge is 2.27. The molecule has 0 atom stereocenters. The lowest BCUT2D eigenvalue weighted by Crippen LogP contribution is -2.26. The molecule has 1 aliphatic heterocycles. The monoisotopic (exact) mass is 345 g/mol. The lowest BCUT2D eigenvalue weighted by atomic mass is 10.0. The molecule has 2 heterocycles. The van der Waals surface area contributed by atoms with Crippen molar-refractivity contribution in [2.45, 2.75) is 77.4 Å². The summed E-state index contributed by atoms with van der Waals surface area (Å²) in [5, 5.41) is 7.96. The SMILES string of the molecule is O=C(CCC1CCCC1)NCCc1nn(CC2CC2)c2c1COCC2. The van der Waals surface area contributed by atoms with Crippen molar-refractivity contribution in [1.82, 2.24) is 15.1 Å². The molecule has 1 N–H and O–H groups in total. The van der Waals surface area contributed by atoms with E-state index < -0.39 is 0 Å². The van der Waals surface area contributed by atoms with Gasteiger partial charge in [-0.15, -0.1) is 0 Å². The molecular formula is C20H31N3O2. The van der Waals surface area contributed by atoms with Crippen LogP contribution in [0.1, 0.15) is 68.3 Å². The predicted molar refractivity (Wildman–Crippen MR) is 96.2 cm³/mol. The molecule has 0 spiro atoms. The van der Waals surface area contributed by atoms with Crippen LogP contribution in [0.15, 0.2) is 0 Å². The van der Waals surface area contributed by atoms with Crippen LogP contribution < -0.4 is 5.32 Å². The molecule has 1 aromatic heterocycles. The highest BCUT2D eigenvalue weighted by molar-refractivity contribution is 5.75. The summed E-state index contributed by atoms with van der Waals surface area (Å²) in [5.74, 6) is 1.82. The molecule has 1 amide bonds. The van der Waals surface area contributed by atoms with Crippen molar-refractivity contribution in [3.05, 3.63) is 17.0 Å². The number of rotatable bonds is 8. The van der Waals surface area contributed by atoms with Crippen LogP contribution in [-0.2, 0) is 35.5 Å². The molecule has 25 heavy (non-hydrogen) atoms. The van der Waals surface area contributed by atoms with Gasteiger partial charge in [-0.25, -0.2) is 0 Å². The summed E-state index contributed by atoms with van der Waals surface area (Å²) in [6, 6.07) is 0. The van der Waals surface area contributed by atoms with Gasteiger partial charge >= 0.3 is 0 Å². The average molecular weight is 345 g/mol. The number of ether oxygens (including phenoxy) is 1. The summed E-state index contributed by atoms with van der Waals surface area (Å²) >= 11 is 0. The Kier molecular flexibility index (Phi) is 5.39. The first-order valence-electron chi connectivity index (χ1n) is 10.2. The largest absolute Gasteiger partial charge is 0.376 e. The van der Waals surface area contributed by atoms with Crippen LogP contribution in [0.4, 0.5) is 0 Å². The third-order valence-electron chi connectivity index (χ3n) is 6.05. The van der Waals surface area contributed by atoms with Gasteiger partial charge in [-0.1, -0.05) is 25.7 Å². The minimum absolute atomic E-state index is 0.203. The standard InChI is InChI=1S/C20H31N3O2/c24-20(8-7-15-3-1-2-4-15)21-11-9-18-17-14-25-12-10-19(17)23(22-18)13-16-5-6-16/h15-16H,1-14H2,(H,21,24). The first-order chi connectivity index (χ1) is 12.3. The van der Waals surface area contributed by atoms with E-state index in [0.29, 0.717) is 19.6 Å². The maximum absolute atomic E-state index is 12.1. The second-order valence-electron chi connectivity index (χ2n) is 8.09. The summed E-state index contributed by atoms with van der Waals surface area (Å²) in [6.07, 6.45) is 11.6. The van der Waals surface area contributed by atoms with E-state index in [2.05, 4.69) is 10.00 Å². The van der Waals surface area contributed by atoms with Crippen LogP contribution in [0.2, 0.25) is 0 Å². The van der Waals surface area contributed by atoms with Crippen molar-refractivity contribution in [1.29, 1.82) is 0 Å². The number of hydrogen-bond donors (Lipinski definition) is 1. The summed E-state index contributed by atoms with van der Waals surface area (Å²) < 4.78 is 7.88. The first-order valence-corrected chi connectivity index (χ1v) is 10.2. The highest BCUT2D eigenvalue weighted by atomic mass is 16.5. The van der Waals surface area contributed by atoms with E-state index in [1.54, 1.807) is 0 Å². The van der Waals surface area contributed by atoms with Gasteiger partial charge in [0.15, 0.2) is 0 Å². The number of aromatic nitrogens is 2. The van der Waals surface area contributed by atoms with E-state index in [1.807, 2.05) is 0 Å². The van der Waals surface area contributed by atoms with Gasteiger partial charge in [-0.2, -0.15) is 5.10 Å². The molecule has 3 aliphatic rings. The van der Waals surface area contributed by atoms with Crippen LogP contribution in [-0.4, -0.2) is 28.8 Å². The van der Waals surface area contributed by atoms with Crippen LogP contribution >= 0.6 is 0 Å². The molecular weight excluding hydrogens is 314 g/mol. The number of fused-ring (bicyclic) bond motifs is 1. The topological polar surface area (TPSA) is 56.2 Å². The molecule has 5 heteroatoms. The summed E-state index contributed by atoms with van der Waals surface area (Å²) in [5.41, 5.74) is 3.79. The van der Waals surface area contributed by atoms with Gasteiger partial charge in [0, 0.05) is 43.6 Å². The summed E-state index contributed by atoms with van der Waals surface area (Å²) in [6.45, 7) is 3.25. The number of amides is 1. The first kappa shape index (κ1) is 17.1. The van der Waals surface area contributed by atoms with Gasteiger partial charge in [0.05, 0.1) is 18.9 Å². The minimum Gasteiger partial charge on any atom is -0.376 e. The third-order valence-corrected chi connectivity index (χ3v) is 6.05. The van der Waals surface area contributed by atoms with Crippen molar-refractivity contribution >= 4 is 5.91 Å². The molecule has 1 aromatic rings. The molecule has 5 nitrogen and oxygen atoms in total. The third kappa shape index (κ3) is 4.43. The highest BCUT2D eigenvalue weighted by Crippen LogP contribution is 2.32. The molecule has 2 aliphatic carbocycles. The molecule has 0 unspecified atom stereocenters. The smallest absolute Gasteiger partial charge is 0.220 e. The van der Waals surface area contributed by atoms with Crippen LogP contribution in [0, 0.1) is 11.8 Å². The van der Waals surface area contributed by atoms with Crippen molar-refractivity contribution in [2.75, 3.05) is 13.2 Å². The Bertz CT molecular complexity index is 600. The lowest BCUT2D eigenvalue weighted by Gasteiger charge is -2.15. The zero-order valence-electron chi connectivity index (χ0n) is 15.3. The zero-order chi connectivity index (χ0) is 17.1. The molecule has 0 radical (unpaired) electrons. The minimum atomic E-state index is 0.203. The normalized spacial score (nSPS) is 20.6. The van der Waals surface area contributed by atoms with Crippen molar-refractivity contribution < 1.29 is 9.53 Å². The van der Waals surface area contributed by atoms with Gasteiger partial charge in [0.2, 0.25) is 5.91 Å².